The molecule has 2 atom stereocenters. The highest BCUT2D eigenvalue weighted by Crippen LogP contribution is 2.40. The van der Waals surface area contributed by atoms with Crippen molar-refractivity contribution in [3.05, 3.63) is 24.3 Å². The second-order valence-electron chi connectivity index (χ2n) is 7.64. The number of fused-ring (bicyclic) bond motifs is 1. The smallest absolute Gasteiger partial charge is 0.267 e. The van der Waals surface area contributed by atoms with Crippen LogP contribution in [0.5, 0.6) is 11.5 Å². The number of unbranched alkanes of at least 4 members (excludes halogenated alkanes) is 1. The van der Waals surface area contributed by atoms with Gasteiger partial charge in [-0.2, -0.15) is 0 Å². The first-order valence-corrected chi connectivity index (χ1v) is 12.8. The maximum atomic E-state index is 12.8. The summed E-state index contributed by atoms with van der Waals surface area (Å²) in [5, 5.41) is 0.780. The van der Waals surface area contributed by atoms with E-state index < -0.39 is 6.10 Å². The summed E-state index contributed by atoms with van der Waals surface area (Å²) in [6.45, 7) is 2.55. The molecule has 0 bridgehead atoms. The SMILES string of the molecule is O=C(CCCC[C@H]1CCSS1)N1CCN(C(=O)C2COc3ccccc3O2)CC1. The molecular weight excluding hydrogens is 408 g/mol. The number of hydrogen-bond acceptors (Lipinski definition) is 6. The molecule has 1 aromatic carbocycles. The molecule has 8 heteroatoms. The summed E-state index contributed by atoms with van der Waals surface area (Å²) >= 11 is 0. The molecule has 2 saturated heterocycles. The summed E-state index contributed by atoms with van der Waals surface area (Å²) < 4.78 is 11.5. The van der Waals surface area contributed by atoms with E-state index in [1.165, 1.54) is 18.6 Å². The number of hydrogen-bond donors (Lipinski definition) is 0. The second-order valence-corrected chi connectivity index (χ2v) is 10.4. The number of para-hydroxylation sites is 2. The summed E-state index contributed by atoms with van der Waals surface area (Å²) in [5.74, 6) is 2.72. The minimum absolute atomic E-state index is 0.0569. The van der Waals surface area contributed by atoms with Crippen molar-refractivity contribution in [3.8, 4) is 11.5 Å². The lowest BCUT2D eigenvalue weighted by atomic mass is 10.1. The molecule has 0 spiro atoms. The van der Waals surface area contributed by atoms with Crippen LogP contribution in [0.3, 0.4) is 0 Å². The van der Waals surface area contributed by atoms with Gasteiger partial charge in [-0.25, -0.2) is 0 Å². The first-order chi connectivity index (χ1) is 14.2. The number of rotatable bonds is 6. The van der Waals surface area contributed by atoms with Crippen LogP contribution in [-0.2, 0) is 9.59 Å². The molecule has 0 aromatic heterocycles. The van der Waals surface area contributed by atoms with Crippen molar-refractivity contribution in [2.45, 2.75) is 43.5 Å². The lowest BCUT2D eigenvalue weighted by molar-refractivity contribution is -0.146. The molecule has 29 heavy (non-hydrogen) atoms. The topological polar surface area (TPSA) is 59.1 Å². The molecule has 3 aliphatic heterocycles. The van der Waals surface area contributed by atoms with Gasteiger partial charge in [0, 0.05) is 43.6 Å². The molecule has 0 saturated carbocycles. The molecule has 0 radical (unpaired) electrons. The van der Waals surface area contributed by atoms with E-state index in [1.807, 2.05) is 50.8 Å². The normalized spacial score (nSPS) is 23.9. The molecule has 4 rings (SSSR count). The summed E-state index contributed by atoms with van der Waals surface area (Å²) in [6, 6.07) is 7.40. The van der Waals surface area contributed by atoms with Crippen LogP contribution in [0.25, 0.3) is 0 Å². The van der Waals surface area contributed by atoms with Crippen LogP contribution in [0.1, 0.15) is 32.1 Å². The van der Waals surface area contributed by atoms with Gasteiger partial charge < -0.3 is 19.3 Å². The van der Waals surface area contributed by atoms with Gasteiger partial charge in [0.15, 0.2) is 11.5 Å². The zero-order valence-electron chi connectivity index (χ0n) is 16.6. The molecule has 3 heterocycles. The number of ether oxygens (including phenoxy) is 2. The molecule has 6 nitrogen and oxygen atoms in total. The van der Waals surface area contributed by atoms with E-state index in [0.717, 1.165) is 18.1 Å². The number of carbonyl (C=O) groups excluding carboxylic acids is 2. The summed E-state index contributed by atoms with van der Waals surface area (Å²) in [6.07, 6.45) is 4.63. The maximum absolute atomic E-state index is 12.8. The van der Waals surface area contributed by atoms with Crippen molar-refractivity contribution in [1.29, 1.82) is 0 Å². The van der Waals surface area contributed by atoms with Crippen LogP contribution in [0.15, 0.2) is 24.3 Å². The maximum Gasteiger partial charge on any atom is 0.267 e. The van der Waals surface area contributed by atoms with Gasteiger partial charge in [0.05, 0.1) is 0 Å². The minimum Gasteiger partial charge on any atom is -0.485 e. The van der Waals surface area contributed by atoms with Crippen LogP contribution >= 0.6 is 21.6 Å². The highest BCUT2D eigenvalue weighted by Gasteiger charge is 2.33. The Morgan fingerprint density at radius 1 is 1.03 bits per heavy atom. The van der Waals surface area contributed by atoms with Crippen molar-refractivity contribution < 1.29 is 19.1 Å². The number of carbonyl (C=O) groups is 2. The Kier molecular flexibility index (Phi) is 7.13. The molecule has 0 N–H and O–H groups in total. The average molecular weight is 437 g/mol. The van der Waals surface area contributed by atoms with Gasteiger partial charge in [0.25, 0.3) is 5.91 Å². The summed E-state index contributed by atoms with van der Waals surface area (Å²) in [5.41, 5.74) is 0. The third kappa shape index (κ3) is 5.34. The van der Waals surface area contributed by atoms with E-state index >= 15 is 0 Å². The minimum atomic E-state index is -0.612. The Labute approximate surface area is 180 Å². The van der Waals surface area contributed by atoms with Crippen molar-refractivity contribution in [3.63, 3.8) is 0 Å². The van der Waals surface area contributed by atoms with Crippen LogP contribution < -0.4 is 9.47 Å². The van der Waals surface area contributed by atoms with E-state index in [-0.39, 0.29) is 18.4 Å². The second kappa shape index (κ2) is 9.98. The van der Waals surface area contributed by atoms with E-state index in [1.54, 1.807) is 4.90 Å². The molecule has 158 valence electrons. The quantitative estimate of drug-likeness (QED) is 0.504. The lowest BCUT2D eigenvalue weighted by Crippen LogP contribution is -2.55. The van der Waals surface area contributed by atoms with Crippen LogP contribution in [0, 0.1) is 0 Å². The number of piperazine rings is 1. The standard InChI is InChI=1S/C21H28N2O4S2/c24-20(8-4-1-5-16-9-14-28-29-16)22-10-12-23(13-11-22)21(25)19-15-26-17-6-2-3-7-18(17)27-19/h2-3,6-7,16,19H,1,4-5,8-15H2/t16-,19?/m0/s1. The van der Waals surface area contributed by atoms with Crippen LogP contribution in [-0.4, -0.2) is 71.5 Å². The monoisotopic (exact) mass is 436 g/mol. The van der Waals surface area contributed by atoms with Gasteiger partial charge in [-0.15, -0.1) is 0 Å². The zero-order valence-corrected chi connectivity index (χ0v) is 18.2. The largest absolute Gasteiger partial charge is 0.485 e. The highest BCUT2D eigenvalue weighted by atomic mass is 33.1. The fourth-order valence-corrected chi connectivity index (χ4v) is 6.92. The molecule has 3 aliphatic rings. The Bertz CT molecular complexity index is 718. The third-order valence-corrected chi connectivity index (χ3v) is 8.63. The first kappa shape index (κ1) is 20.7. The fourth-order valence-electron chi connectivity index (χ4n) is 3.89. The average Bonchev–Trinajstić information content (AvgIpc) is 3.29. The predicted molar refractivity (Wildman–Crippen MR) is 116 cm³/mol. The molecular formula is C21H28N2O4S2. The van der Waals surface area contributed by atoms with Gasteiger partial charge >= 0.3 is 0 Å². The van der Waals surface area contributed by atoms with Crippen molar-refractivity contribution >= 4 is 33.4 Å². The fraction of sp³-hybridized carbons (Fsp3) is 0.619. The van der Waals surface area contributed by atoms with Gasteiger partial charge in [0.1, 0.15) is 6.61 Å². The van der Waals surface area contributed by atoms with Gasteiger partial charge in [-0.3, -0.25) is 9.59 Å². The van der Waals surface area contributed by atoms with Crippen molar-refractivity contribution in [2.24, 2.45) is 0 Å². The Morgan fingerprint density at radius 3 is 2.55 bits per heavy atom. The number of nitrogens with zero attached hydrogens (tertiary/aromatic N) is 2. The first-order valence-electron chi connectivity index (χ1n) is 10.4. The molecule has 2 fully saturated rings. The molecule has 2 amide bonds. The van der Waals surface area contributed by atoms with Gasteiger partial charge in [-0.1, -0.05) is 40.1 Å². The molecule has 1 aromatic rings. The Balaban J connectivity index is 1.17. The van der Waals surface area contributed by atoms with Crippen LogP contribution in [0.2, 0.25) is 0 Å². The van der Waals surface area contributed by atoms with Crippen molar-refractivity contribution in [2.75, 3.05) is 38.5 Å². The zero-order chi connectivity index (χ0) is 20.1. The summed E-state index contributed by atoms with van der Waals surface area (Å²) in [4.78, 5) is 29.0. The predicted octanol–water partition coefficient (Wildman–Crippen LogP) is 3.21. The highest BCUT2D eigenvalue weighted by molar-refractivity contribution is 8.77. The molecule has 0 aliphatic carbocycles. The van der Waals surface area contributed by atoms with E-state index in [0.29, 0.717) is 44.1 Å². The van der Waals surface area contributed by atoms with Gasteiger partial charge in [0.2, 0.25) is 12.0 Å². The van der Waals surface area contributed by atoms with Crippen LogP contribution in [0.4, 0.5) is 0 Å². The number of amides is 2. The van der Waals surface area contributed by atoms with E-state index in [4.69, 9.17) is 9.47 Å². The Morgan fingerprint density at radius 2 is 1.79 bits per heavy atom. The number of benzene rings is 1. The lowest BCUT2D eigenvalue weighted by Gasteiger charge is -2.37. The van der Waals surface area contributed by atoms with E-state index in [9.17, 15) is 9.59 Å². The summed E-state index contributed by atoms with van der Waals surface area (Å²) in [7, 11) is 3.98. The van der Waals surface area contributed by atoms with E-state index in [2.05, 4.69) is 0 Å². The Hall–Kier alpha value is -1.54. The van der Waals surface area contributed by atoms with Crippen molar-refractivity contribution in [1.82, 2.24) is 9.80 Å². The molecule has 1 unspecified atom stereocenters. The third-order valence-electron chi connectivity index (χ3n) is 5.62. The van der Waals surface area contributed by atoms with Gasteiger partial charge in [-0.05, 0) is 31.4 Å².